The molecule has 0 fully saturated rings. The predicted molar refractivity (Wildman–Crippen MR) is 72.9 cm³/mol. The summed E-state index contributed by atoms with van der Waals surface area (Å²) in [5.41, 5.74) is 0.165. The Labute approximate surface area is 124 Å². The van der Waals surface area contributed by atoms with Crippen molar-refractivity contribution in [1.29, 1.82) is 0 Å². The molecule has 1 aliphatic heterocycles. The lowest BCUT2D eigenvalue weighted by atomic mass is 10.3. The minimum atomic E-state index is -4.14. The van der Waals surface area contributed by atoms with Gasteiger partial charge in [0.05, 0.1) is 16.6 Å². The van der Waals surface area contributed by atoms with Crippen molar-refractivity contribution in [2.75, 3.05) is 11.2 Å². The summed E-state index contributed by atoms with van der Waals surface area (Å²) in [7, 11) is -2.84. The molecule has 0 radical (unpaired) electrons. The molecule has 0 saturated carbocycles. The molecule has 1 atom stereocenters. The van der Waals surface area contributed by atoms with Crippen LogP contribution >= 0.6 is 33.9 Å². The fourth-order valence-corrected chi connectivity index (χ4v) is 4.76. The number of hydrogen-bond acceptors (Lipinski definition) is 5. The van der Waals surface area contributed by atoms with Gasteiger partial charge >= 0.3 is 0 Å². The fraction of sp³-hybridized carbons (Fsp3) is 0.250. The van der Waals surface area contributed by atoms with Crippen LogP contribution in [0.4, 0.5) is 5.69 Å². The Kier molecular flexibility index (Phi) is 3.94. The molecule has 6 nitrogen and oxygen atoms in total. The van der Waals surface area contributed by atoms with Crippen LogP contribution in [0.2, 0.25) is 5.02 Å². The molecular formula is C8H7Cl3N2O4S2. The van der Waals surface area contributed by atoms with Gasteiger partial charge in [-0.05, 0) is 12.1 Å². The van der Waals surface area contributed by atoms with Gasteiger partial charge in [0.1, 0.15) is 16.0 Å². The molecule has 1 aliphatic rings. The van der Waals surface area contributed by atoms with E-state index >= 15 is 0 Å². The highest BCUT2D eigenvalue weighted by molar-refractivity contribution is 8.13. The number of nitrogens with one attached hydrogen (secondary N) is 2. The van der Waals surface area contributed by atoms with Crippen molar-refractivity contribution in [3.63, 3.8) is 0 Å². The lowest BCUT2D eigenvalue weighted by molar-refractivity contribution is 0.566. The Bertz CT molecular complexity index is 733. The first-order chi connectivity index (χ1) is 8.65. The van der Waals surface area contributed by atoms with Gasteiger partial charge in [0, 0.05) is 10.7 Å². The molecule has 1 unspecified atom stereocenters. The van der Waals surface area contributed by atoms with Gasteiger partial charge in [0.25, 0.3) is 9.05 Å². The lowest BCUT2D eigenvalue weighted by Gasteiger charge is -2.27. The number of fused-ring (bicyclic) bond motifs is 1. The maximum Gasteiger partial charge on any atom is 0.262 e. The summed E-state index contributed by atoms with van der Waals surface area (Å²) in [6.07, 6.45) is -0.700. The van der Waals surface area contributed by atoms with Crippen LogP contribution in [0.5, 0.6) is 0 Å². The Morgan fingerprint density at radius 1 is 1.32 bits per heavy atom. The van der Waals surface area contributed by atoms with Gasteiger partial charge in [-0.3, -0.25) is 0 Å². The number of sulfonamides is 1. The van der Waals surface area contributed by atoms with E-state index in [1.807, 2.05) is 0 Å². The van der Waals surface area contributed by atoms with Crippen LogP contribution in [0.3, 0.4) is 0 Å². The Hall–Kier alpha value is -0.250. The topological polar surface area (TPSA) is 92.3 Å². The summed E-state index contributed by atoms with van der Waals surface area (Å²) in [6, 6.07) is 2.09. The quantitative estimate of drug-likeness (QED) is 0.612. The SMILES string of the molecule is O=S(=O)(Cl)c1cc2c(cc1Cl)NC(CCl)NS2(=O)=O. The third-order valence-electron chi connectivity index (χ3n) is 2.37. The van der Waals surface area contributed by atoms with E-state index in [1.165, 1.54) is 6.07 Å². The Morgan fingerprint density at radius 3 is 2.47 bits per heavy atom. The second kappa shape index (κ2) is 4.94. The van der Waals surface area contributed by atoms with Crippen LogP contribution in [0.1, 0.15) is 0 Å². The molecule has 106 valence electrons. The Balaban J connectivity index is 2.70. The van der Waals surface area contributed by atoms with E-state index in [4.69, 9.17) is 33.9 Å². The van der Waals surface area contributed by atoms with Gasteiger partial charge < -0.3 is 5.32 Å². The molecule has 2 rings (SSSR count). The zero-order valence-corrected chi connectivity index (χ0v) is 12.9. The van der Waals surface area contributed by atoms with E-state index < -0.39 is 30.1 Å². The number of hydrogen-bond donors (Lipinski definition) is 2. The van der Waals surface area contributed by atoms with Gasteiger partial charge in [-0.25, -0.2) is 16.8 Å². The molecule has 0 aromatic heterocycles. The summed E-state index contributed by atoms with van der Waals surface area (Å²) in [6.45, 7) is 0. The number of rotatable bonds is 2. The van der Waals surface area contributed by atoms with E-state index in [9.17, 15) is 16.8 Å². The normalized spacial score (nSPS) is 21.5. The van der Waals surface area contributed by atoms with Crippen LogP contribution in [-0.4, -0.2) is 28.9 Å². The highest BCUT2D eigenvalue weighted by Crippen LogP contribution is 2.35. The molecule has 11 heteroatoms. The molecule has 2 N–H and O–H groups in total. The van der Waals surface area contributed by atoms with Gasteiger partial charge in [-0.1, -0.05) is 11.6 Å². The number of halogens is 3. The Morgan fingerprint density at radius 2 is 1.95 bits per heavy atom. The molecule has 0 amide bonds. The summed E-state index contributed by atoms with van der Waals surface area (Å²) >= 11 is 11.4. The van der Waals surface area contributed by atoms with Crippen LogP contribution in [0, 0.1) is 0 Å². The zero-order valence-electron chi connectivity index (χ0n) is 9.02. The van der Waals surface area contributed by atoms with Crippen molar-refractivity contribution in [2.45, 2.75) is 16.0 Å². The van der Waals surface area contributed by atoms with Crippen LogP contribution in [0.15, 0.2) is 21.9 Å². The molecule has 0 spiro atoms. The van der Waals surface area contributed by atoms with Gasteiger partial charge in [-0.15, -0.1) is 11.6 Å². The van der Waals surface area contributed by atoms with Crippen molar-refractivity contribution in [1.82, 2.24) is 4.72 Å². The molecule has 19 heavy (non-hydrogen) atoms. The van der Waals surface area contributed by atoms with Gasteiger partial charge in [-0.2, -0.15) is 4.72 Å². The number of anilines is 1. The van der Waals surface area contributed by atoms with E-state index in [-0.39, 0.29) is 21.5 Å². The van der Waals surface area contributed by atoms with E-state index in [0.717, 1.165) is 6.07 Å². The summed E-state index contributed by atoms with van der Waals surface area (Å²) in [5, 5.41) is 2.60. The molecule has 0 bridgehead atoms. The smallest absolute Gasteiger partial charge is 0.262 e. The van der Waals surface area contributed by atoms with Crippen molar-refractivity contribution in [2.24, 2.45) is 0 Å². The molecule has 0 saturated heterocycles. The molecule has 1 heterocycles. The second-order valence-corrected chi connectivity index (χ2v) is 8.62. The molecular weight excluding hydrogens is 359 g/mol. The van der Waals surface area contributed by atoms with Gasteiger partial charge in [0.2, 0.25) is 10.0 Å². The summed E-state index contributed by atoms with van der Waals surface area (Å²) in [4.78, 5) is -0.719. The largest absolute Gasteiger partial charge is 0.367 e. The average Bonchev–Trinajstić information content (AvgIpc) is 2.25. The zero-order chi connectivity index (χ0) is 14.4. The molecule has 1 aromatic carbocycles. The maximum atomic E-state index is 11.9. The first-order valence-electron chi connectivity index (χ1n) is 4.78. The standard InChI is InChI=1S/C8H7Cl3N2O4S2/c9-3-8-12-5-1-4(10)6(18(11,14)15)2-7(5)19(16,17)13-8/h1-2,8,12-13H,3H2. The van der Waals surface area contributed by atoms with Crippen LogP contribution in [0.25, 0.3) is 0 Å². The van der Waals surface area contributed by atoms with Crippen LogP contribution < -0.4 is 10.0 Å². The minimum absolute atomic E-state index is 0.00809. The van der Waals surface area contributed by atoms with Crippen molar-refractivity contribution in [3.05, 3.63) is 17.2 Å². The highest BCUT2D eigenvalue weighted by Gasteiger charge is 2.31. The average molecular weight is 366 g/mol. The van der Waals surface area contributed by atoms with Crippen molar-refractivity contribution < 1.29 is 16.8 Å². The van der Waals surface area contributed by atoms with Gasteiger partial charge in [0.15, 0.2) is 0 Å². The first-order valence-corrected chi connectivity index (χ1v) is 9.48. The highest BCUT2D eigenvalue weighted by atomic mass is 35.7. The monoisotopic (exact) mass is 364 g/mol. The fourth-order valence-electron chi connectivity index (χ4n) is 1.59. The summed E-state index contributed by atoms with van der Waals surface area (Å²) in [5.74, 6) is -0.00809. The van der Waals surface area contributed by atoms with Crippen molar-refractivity contribution >= 4 is 58.6 Å². The van der Waals surface area contributed by atoms with E-state index in [1.54, 1.807) is 0 Å². The predicted octanol–water partition coefficient (Wildman–Crippen LogP) is 1.54. The summed E-state index contributed by atoms with van der Waals surface area (Å²) < 4.78 is 48.7. The third-order valence-corrected chi connectivity index (χ3v) is 5.97. The molecule has 0 aliphatic carbocycles. The maximum absolute atomic E-state index is 11.9. The molecule has 1 aromatic rings. The second-order valence-electron chi connectivity index (χ2n) is 3.69. The lowest BCUT2D eigenvalue weighted by Crippen LogP contribution is -2.45. The minimum Gasteiger partial charge on any atom is -0.367 e. The number of benzene rings is 1. The van der Waals surface area contributed by atoms with Crippen LogP contribution in [-0.2, 0) is 19.1 Å². The first kappa shape index (κ1) is 15.1. The number of alkyl halides is 1. The van der Waals surface area contributed by atoms with Crippen molar-refractivity contribution in [3.8, 4) is 0 Å². The van der Waals surface area contributed by atoms with E-state index in [0.29, 0.717) is 0 Å². The third kappa shape index (κ3) is 2.93. The van der Waals surface area contributed by atoms with E-state index in [2.05, 4.69) is 10.0 Å².